The molecular formula is C13H16F2N2O2. The second-order valence-electron chi connectivity index (χ2n) is 4.88. The Morgan fingerprint density at radius 2 is 2.21 bits per heavy atom. The first kappa shape index (κ1) is 13.7. The van der Waals surface area contributed by atoms with Gasteiger partial charge in [0.15, 0.2) is 11.6 Å². The van der Waals surface area contributed by atoms with Crippen LogP contribution >= 0.6 is 0 Å². The minimum absolute atomic E-state index is 0.166. The summed E-state index contributed by atoms with van der Waals surface area (Å²) in [5.74, 6) is -2.58. The Morgan fingerprint density at radius 1 is 1.47 bits per heavy atom. The van der Waals surface area contributed by atoms with Crippen molar-refractivity contribution in [3.63, 3.8) is 0 Å². The summed E-state index contributed by atoms with van der Waals surface area (Å²) in [6, 6.07) is 2.92. The van der Waals surface area contributed by atoms with Gasteiger partial charge in [0.2, 0.25) is 0 Å². The fourth-order valence-corrected chi connectivity index (χ4v) is 2.40. The van der Waals surface area contributed by atoms with E-state index in [4.69, 9.17) is 10.8 Å². The van der Waals surface area contributed by atoms with Gasteiger partial charge in [-0.05, 0) is 30.9 Å². The van der Waals surface area contributed by atoms with Crippen LogP contribution in [0.5, 0.6) is 0 Å². The number of nitrogens with zero attached hydrogens (tertiary/aromatic N) is 1. The van der Waals surface area contributed by atoms with Crippen LogP contribution in [-0.2, 0) is 4.79 Å². The molecule has 1 saturated heterocycles. The maximum Gasteiger partial charge on any atom is 0.320 e. The highest BCUT2D eigenvalue weighted by Crippen LogP contribution is 2.27. The van der Waals surface area contributed by atoms with Gasteiger partial charge in [-0.2, -0.15) is 0 Å². The lowest BCUT2D eigenvalue weighted by molar-refractivity contribution is -0.138. The Balaban J connectivity index is 1.98. The monoisotopic (exact) mass is 270 g/mol. The van der Waals surface area contributed by atoms with Crippen LogP contribution in [-0.4, -0.2) is 30.2 Å². The minimum Gasteiger partial charge on any atom is -0.480 e. The van der Waals surface area contributed by atoms with Crippen LogP contribution in [0.15, 0.2) is 18.2 Å². The predicted molar refractivity (Wildman–Crippen MR) is 66.9 cm³/mol. The van der Waals surface area contributed by atoms with E-state index in [0.29, 0.717) is 25.2 Å². The first-order valence-corrected chi connectivity index (χ1v) is 6.15. The first-order chi connectivity index (χ1) is 8.97. The molecule has 0 amide bonds. The summed E-state index contributed by atoms with van der Waals surface area (Å²) >= 11 is 0. The number of halogens is 2. The van der Waals surface area contributed by atoms with Crippen molar-refractivity contribution in [1.29, 1.82) is 0 Å². The van der Waals surface area contributed by atoms with Gasteiger partial charge < -0.3 is 15.7 Å². The molecule has 1 aliphatic heterocycles. The van der Waals surface area contributed by atoms with Crippen molar-refractivity contribution in [2.24, 2.45) is 11.7 Å². The van der Waals surface area contributed by atoms with Crippen LogP contribution in [0.2, 0.25) is 0 Å². The summed E-state index contributed by atoms with van der Waals surface area (Å²) in [5.41, 5.74) is 6.11. The Kier molecular flexibility index (Phi) is 3.99. The molecule has 0 aromatic heterocycles. The van der Waals surface area contributed by atoms with Crippen molar-refractivity contribution in [1.82, 2.24) is 0 Å². The van der Waals surface area contributed by atoms with Crippen molar-refractivity contribution in [3.05, 3.63) is 29.8 Å². The van der Waals surface area contributed by atoms with Crippen molar-refractivity contribution in [3.8, 4) is 0 Å². The molecule has 0 bridgehead atoms. The smallest absolute Gasteiger partial charge is 0.320 e. The maximum atomic E-state index is 13.1. The average Bonchev–Trinajstić information content (AvgIpc) is 2.81. The number of carboxylic acids is 1. The van der Waals surface area contributed by atoms with E-state index in [1.807, 2.05) is 4.90 Å². The molecule has 2 atom stereocenters. The number of carboxylic acid groups (broad SMARTS) is 1. The van der Waals surface area contributed by atoms with Gasteiger partial charge in [0.05, 0.1) is 0 Å². The standard InChI is InChI=1S/C13H16F2N2O2/c14-10-2-1-9(6-11(10)15)17-4-3-8(7-17)5-12(16)13(18)19/h1-2,6,8,12H,3-5,7,16H2,(H,18,19). The summed E-state index contributed by atoms with van der Waals surface area (Å²) in [7, 11) is 0. The van der Waals surface area contributed by atoms with E-state index in [1.54, 1.807) is 0 Å². The molecule has 104 valence electrons. The molecule has 1 heterocycles. The lowest BCUT2D eigenvalue weighted by Gasteiger charge is -2.19. The van der Waals surface area contributed by atoms with Crippen LogP contribution < -0.4 is 10.6 Å². The summed E-state index contributed by atoms with van der Waals surface area (Å²) < 4.78 is 26.0. The van der Waals surface area contributed by atoms with Crippen LogP contribution in [0.3, 0.4) is 0 Å². The van der Waals surface area contributed by atoms with Crippen LogP contribution in [0.4, 0.5) is 14.5 Å². The molecular weight excluding hydrogens is 254 g/mol. The van der Waals surface area contributed by atoms with Gasteiger partial charge in [-0.3, -0.25) is 4.79 Å². The summed E-state index contributed by atoms with van der Waals surface area (Å²) in [6.07, 6.45) is 1.20. The second-order valence-corrected chi connectivity index (χ2v) is 4.88. The lowest BCUT2D eigenvalue weighted by Crippen LogP contribution is -2.33. The Bertz CT molecular complexity index is 482. The van der Waals surface area contributed by atoms with Gasteiger partial charge in [0.25, 0.3) is 0 Å². The quantitative estimate of drug-likeness (QED) is 0.872. The normalized spacial score (nSPS) is 20.6. The third-order valence-corrected chi connectivity index (χ3v) is 3.46. The highest BCUT2D eigenvalue weighted by Gasteiger charge is 2.26. The summed E-state index contributed by atoms with van der Waals surface area (Å²) in [5, 5.41) is 8.76. The molecule has 0 saturated carbocycles. The number of carbonyl (C=O) groups is 1. The summed E-state index contributed by atoms with van der Waals surface area (Å²) in [6.45, 7) is 1.31. The predicted octanol–water partition coefficient (Wildman–Crippen LogP) is 1.59. The molecule has 2 rings (SSSR count). The van der Waals surface area contributed by atoms with Gasteiger partial charge in [0, 0.05) is 24.8 Å². The van der Waals surface area contributed by atoms with Gasteiger partial charge in [0.1, 0.15) is 6.04 Å². The molecule has 1 aromatic carbocycles. The van der Waals surface area contributed by atoms with Crippen LogP contribution in [0.1, 0.15) is 12.8 Å². The largest absolute Gasteiger partial charge is 0.480 e. The number of rotatable bonds is 4. The van der Waals surface area contributed by atoms with E-state index in [9.17, 15) is 13.6 Å². The molecule has 2 unspecified atom stereocenters. The highest BCUT2D eigenvalue weighted by molar-refractivity contribution is 5.73. The molecule has 0 spiro atoms. The van der Waals surface area contributed by atoms with E-state index in [-0.39, 0.29) is 5.92 Å². The number of hydrogen-bond acceptors (Lipinski definition) is 3. The zero-order valence-corrected chi connectivity index (χ0v) is 10.4. The highest BCUT2D eigenvalue weighted by atomic mass is 19.2. The molecule has 4 nitrogen and oxygen atoms in total. The van der Waals surface area contributed by atoms with E-state index < -0.39 is 23.6 Å². The maximum absolute atomic E-state index is 13.1. The number of hydrogen-bond donors (Lipinski definition) is 2. The SMILES string of the molecule is NC(CC1CCN(c2ccc(F)c(F)c2)C1)C(=O)O. The van der Waals surface area contributed by atoms with E-state index >= 15 is 0 Å². The number of anilines is 1. The lowest BCUT2D eigenvalue weighted by atomic mass is 10.00. The van der Waals surface area contributed by atoms with Gasteiger partial charge in [-0.1, -0.05) is 0 Å². The molecule has 0 radical (unpaired) electrons. The topological polar surface area (TPSA) is 66.6 Å². The van der Waals surface area contributed by atoms with Crippen molar-refractivity contribution >= 4 is 11.7 Å². The van der Waals surface area contributed by atoms with E-state index in [1.165, 1.54) is 6.07 Å². The van der Waals surface area contributed by atoms with E-state index in [0.717, 1.165) is 18.6 Å². The van der Waals surface area contributed by atoms with Crippen LogP contribution in [0.25, 0.3) is 0 Å². The molecule has 1 aliphatic rings. The average molecular weight is 270 g/mol. The van der Waals surface area contributed by atoms with Gasteiger partial charge >= 0.3 is 5.97 Å². The fourth-order valence-electron chi connectivity index (χ4n) is 2.40. The summed E-state index contributed by atoms with van der Waals surface area (Å²) in [4.78, 5) is 12.6. The van der Waals surface area contributed by atoms with Crippen molar-refractivity contribution < 1.29 is 18.7 Å². The molecule has 1 fully saturated rings. The molecule has 3 N–H and O–H groups in total. The number of nitrogens with two attached hydrogens (primary N) is 1. The van der Waals surface area contributed by atoms with Gasteiger partial charge in [-0.25, -0.2) is 8.78 Å². The number of aliphatic carboxylic acids is 1. The third-order valence-electron chi connectivity index (χ3n) is 3.46. The van der Waals surface area contributed by atoms with E-state index in [2.05, 4.69) is 0 Å². The Labute approximate surface area is 109 Å². The Morgan fingerprint density at radius 3 is 2.84 bits per heavy atom. The van der Waals surface area contributed by atoms with Gasteiger partial charge in [-0.15, -0.1) is 0 Å². The van der Waals surface area contributed by atoms with Crippen molar-refractivity contribution in [2.75, 3.05) is 18.0 Å². The first-order valence-electron chi connectivity index (χ1n) is 6.15. The Hall–Kier alpha value is -1.69. The molecule has 1 aromatic rings. The molecule has 19 heavy (non-hydrogen) atoms. The minimum atomic E-state index is -1.01. The van der Waals surface area contributed by atoms with Crippen molar-refractivity contribution in [2.45, 2.75) is 18.9 Å². The number of benzene rings is 1. The fraction of sp³-hybridized carbons (Fsp3) is 0.462. The second kappa shape index (κ2) is 5.52. The zero-order chi connectivity index (χ0) is 14.0. The van der Waals surface area contributed by atoms with Crippen LogP contribution in [0, 0.1) is 17.6 Å². The zero-order valence-electron chi connectivity index (χ0n) is 10.4. The third kappa shape index (κ3) is 3.20. The molecule has 6 heteroatoms. The molecule has 0 aliphatic carbocycles.